The highest BCUT2D eigenvalue weighted by Gasteiger charge is 2.17. The molecule has 3 heteroatoms. The Kier molecular flexibility index (Phi) is 6.86. The van der Waals surface area contributed by atoms with Crippen molar-refractivity contribution in [3.8, 4) is 22.3 Å². The first-order valence-corrected chi connectivity index (χ1v) is 18.4. The quantitative estimate of drug-likeness (QED) is 0.169. The number of pyridine rings is 1. The monoisotopic (exact) mass is 688 g/mol. The van der Waals surface area contributed by atoms with Crippen LogP contribution in [-0.4, -0.2) is 4.98 Å². The van der Waals surface area contributed by atoms with Crippen LogP contribution in [0, 0.1) is 0 Å². The summed E-state index contributed by atoms with van der Waals surface area (Å²) in [6.07, 6.45) is 1.82. The summed E-state index contributed by atoms with van der Waals surface area (Å²) in [6.45, 7) is 0. The van der Waals surface area contributed by atoms with Crippen LogP contribution in [0.2, 0.25) is 0 Å². The van der Waals surface area contributed by atoms with Crippen LogP contribution >= 0.6 is 0 Å². The number of benzene rings is 9. The van der Waals surface area contributed by atoms with Gasteiger partial charge in [0.05, 0.1) is 0 Å². The summed E-state index contributed by atoms with van der Waals surface area (Å²) in [5, 5.41) is 11.1. The van der Waals surface area contributed by atoms with Crippen LogP contribution in [0.3, 0.4) is 0 Å². The van der Waals surface area contributed by atoms with E-state index >= 15 is 0 Å². The van der Waals surface area contributed by atoms with Gasteiger partial charge in [0.1, 0.15) is 11.1 Å². The lowest BCUT2D eigenvalue weighted by Crippen LogP contribution is -2.09. The summed E-state index contributed by atoms with van der Waals surface area (Å²) in [5.74, 6) is 0. The Bertz CT molecular complexity index is 3210. The highest BCUT2D eigenvalue weighted by atomic mass is 16.3. The molecule has 0 bridgehead atoms. The Labute approximate surface area is 312 Å². The van der Waals surface area contributed by atoms with Crippen LogP contribution in [0.4, 0.5) is 17.1 Å². The van der Waals surface area contributed by atoms with E-state index in [4.69, 9.17) is 4.42 Å². The molecular formula is C51H32N2O. The van der Waals surface area contributed by atoms with E-state index in [1.807, 2.05) is 18.3 Å². The van der Waals surface area contributed by atoms with E-state index in [1.54, 1.807) is 0 Å². The highest BCUT2D eigenvalue weighted by Crippen LogP contribution is 2.41. The van der Waals surface area contributed by atoms with Crippen molar-refractivity contribution < 1.29 is 4.42 Å². The van der Waals surface area contributed by atoms with Crippen molar-refractivity contribution in [3.05, 3.63) is 194 Å². The van der Waals surface area contributed by atoms with Crippen LogP contribution in [0.5, 0.6) is 0 Å². The molecule has 0 unspecified atom stereocenters. The predicted octanol–water partition coefficient (Wildman–Crippen LogP) is 14.4. The molecule has 0 spiro atoms. The molecule has 0 fully saturated rings. The zero-order chi connectivity index (χ0) is 35.6. The number of fused-ring (bicyclic) bond motifs is 9. The molecule has 0 aliphatic carbocycles. The average Bonchev–Trinajstić information content (AvgIpc) is 3.62. The lowest BCUT2D eigenvalue weighted by Gasteiger charge is -2.26. The fourth-order valence-corrected chi connectivity index (χ4v) is 8.24. The van der Waals surface area contributed by atoms with Crippen LogP contribution in [-0.2, 0) is 0 Å². The molecule has 54 heavy (non-hydrogen) atoms. The van der Waals surface area contributed by atoms with E-state index in [-0.39, 0.29) is 0 Å². The second-order valence-corrected chi connectivity index (χ2v) is 14.0. The largest absolute Gasteiger partial charge is 0.454 e. The maximum Gasteiger partial charge on any atom is 0.153 e. The zero-order valence-corrected chi connectivity index (χ0v) is 29.3. The molecule has 0 saturated carbocycles. The van der Waals surface area contributed by atoms with Gasteiger partial charge in [-0.25, -0.2) is 0 Å². The topological polar surface area (TPSA) is 29.3 Å². The summed E-state index contributed by atoms with van der Waals surface area (Å²) < 4.78 is 6.32. The third kappa shape index (κ3) is 4.94. The van der Waals surface area contributed by atoms with Crippen molar-refractivity contribution in [2.75, 3.05) is 4.90 Å². The van der Waals surface area contributed by atoms with Gasteiger partial charge in [0.2, 0.25) is 0 Å². The molecule has 11 rings (SSSR count). The summed E-state index contributed by atoms with van der Waals surface area (Å²) in [5.41, 5.74) is 10.4. The first kappa shape index (κ1) is 30.4. The molecule has 2 heterocycles. The number of rotatable bonds is 5. The van der Waals surface area contributed by atoms with E-state index in [9.17, 15) is 0 Å². The van der Waals surface area contributed by atoms with E-state index in [0.29, 0.717) is 0 Å². The molecule has 252 valence electrons. The lowest BCUT2D eigenvalue weighted by molar-refractivity contribution is 0.668. The Morgan fingerprint density at radius 1 is 0.352 bits per heavy atom. The van der Waals surface area contributed by atoms with Crippen LogP contribution in [0.25, 0.3) is 87.4 Å². The van der Waals surface area contributed by atoms with E-state index < -0.39 is 0 Å². The first-order valence-electron chi connectivity index (χ1n) is 18.4. The molecule has 3 nitrogen and oxygen atoms in total. The number of hydrogen-bond donors (Lipinski definition) is 0. The first-order chi connectivity index (χ1) is 26.7. The minimum absolute atomic E-state index is 0.788. The van der Waals surface area contributed by atoms with Gasteiger partial charge < -0.3 is 9.32 Å². The Morgan fingerprint density at radius 3 is 1.72 bits per heavy atom. The molecule has 0 N–H and O–H groups in total. The fourth-order valence-electron chi connectivity index (χ4n) is 8.24. The van der Waals surface area contributed by atoms with Crippen molar-refractivity contribution in [2.45, 2.75) is 0 Å². The molecule has 11 aromatic rings. The number of furan rings is 1. The smallest absolute Gasteiger partial charge is 0.153 e. The van der Waals surface area contributed by atoms with Gasteiger partial charge >= 0.3 is 0 Å². The number of nitrogens with zero attached hydrogens (tertiary/aromatic N) is 2. The van der Waals surface area contributed by atoms with Gasteiger partial charge in [-0.15, -0.1) is 0 Å². The van der Waals surface area contributed by atoms with Gasteiger partial charge in [-0.2, -0.15) is 0 Å². The summed E-state index contributed by atoms with van der Waals surface area (Å²) in [4.78, 5) is 6.91. The van der Waals surface area contributed by atoms with Crippen molar-refractivity contribution in [3.63, 3.8) is 0 Å². The van der Waals surface area contributed by atoms with Crippen molar-refractivity contribution in [1.29, 1.82) is 0 Å². The minimum atomic E-state index is 0.788. The van der Waals surface area contributed by atoms with E-state index in [2.05, 4.69) is 186 Å². The molecule has 0 atom stereocenters. The maximum absolute atomic E-state index is 6.32. The van der Waals surface area contributed by atoms with Crippen LogP contribution in [0.15, 0.2) is 199 Å². The predicted molar refractivity (Wildman–Crippen MR) is 227 cm³/mol. The standard InChI is InChI=1S/C51H32N2O/c1-3-10-42-34(8-1)15-16-35-17-18-37(30-47(35)42)33-19-23-39(24-20-33)53(41-27-28-46-50(32-41)54-49-14-7-29-52-51(46)49)40-25-21-36(22-26-40)48-31-38-9-2-4-11-43(38)44-12-5-6-13-45(44)48/h1-32H. The number of hydrogen-bond acceptors (Lipinski definition) is 3. The van der Waals surface area contributed by atoms with Gasteiger partial charge in [-0.1, -0.05) is 121 Å². The average molecular weight is 689 g/mol. The van der Waals surface area contributed by atoms with Gasteiger partial charge in [-0.05, 0) is 126 Å². The summed E-state index contributed by atoms with van der Waals surface area (Å²) in [7, 11) is 0. The summed E-state index contributed by atoms with van der Waals surface area (Å²) in [6, 6.07) is 67.7. The molecule has 0 saturated heterocycles. The third-order valence-electron chi connectivity index (χ3n) is 10.9. The number of aromatic nitrogens is 1. The van der Waals surface area contributed by atoms with Crippen molar-refractivity contribution >= 4 is 82.2 Å². The van der Waals surface area contributed by atoms with Crippen molar-refractivity contribution in [2.24, 2.45) is 0 Å². The van der Waals surface area contributed by atoms with Gasteiger partial charge in [0, 0.05) is 34.7 Å². The fraction of sp³-hybridized carbons (Fsp3) is 0. The Balaban J connectivity index is 1.03. The molecule has 0 amide bonds. The SMILES string of the molecule is c1ccc2c(c1)ccc1ccc(-c3ccc(N(c4ccc(-c5cc6ccccc6c6ccccc56)cc4)c4ccc5c(c4)oc4cccnc45)cc3)cc12. The van der Waals surface area contributed by atoms with Gasteiger partial charge in [0.15, 0.2) is 5.58 Å². The zero-order valence-electron chi connectivity index (χ0n) is 29.3. The molecular weight excluding hydrogens is 657 g/mol. The Morgan fingerprint density at radius 2 is 0.944 bits per heavy atom. The maximum atomic E-state index is 6.32. The van der Waals surface area contributed by atoms with Gasteiger partial charge in [0.25, 0.3) is 0 Å². The second kappa shape index (κ2) is 12.2. The molecule has 2 aromatic heterocycles. The third-order valence-corrected chi connectivity index (χ3v) is 10.9. The molecule has 9 aromatic carbocycles. The molecule has 0 aliphatic rings. The second-order valence-electron chi connectivity index (χ2n) is 14.0. The minimum Gasteiger partial charge on any atom is -0.454 e. The highest BCUT2D eigenvalue weighted by molar-refractivity contribution is 6.14. The summed E-state index contributed by atoms with van der Waals surface area (Å²) >= 11 is 0. The number of anilines is 3. The van der Waals surface area contributed by atoms with Gasteiger partial charge in [-0.3, -0.25) is 4.98 Å². The normalized spacial score (nSPS) is 11.7. The van der Waals surface area contributed by atoms with Crippen molar-refractivity contribution in [1.82, 2.24) is 4.98 Å². The van der Waals surface area contributed by atoms with E-state index in [0.717, 1.165) is 39.1 Å². The van der Waals surface area contributed by atoms with Crippen LogP contribution < -0.4 is 4.90 Å². The molecule has 0 radical (unpaired) electrons. The molecule has 0 aliphatic heterocycles. The lowest BCUT2D eigenvalue weighted by atomic mass is 9.93. The van der Waals surface area contributed by atoms with Crippen LogP contribution in [0.1, 0.15) is 0 Å². The van der Waals surface area contributed by atoms with E-state index in [1.165, 1.54) is 65.3 Å². The Hall–Kier alpha value is -7.23.